The van der Waals surface area contributed by atoms with Crippen LogP contribution < -0.4 is 5.32 Å². The fraction of sp³-hybridized carbons (Fsp3) is 0.259. The predicted molar refractivity (Wildman–Crippen MR) is 142 cm³/mol. The molecule has 6 rings (SSSR count). The van der Waals surface area contributed by atoms with E-state index in [1.165, 1.54) is 27.0 Å². The lowest BCUT2D eigenvalue weighted by atomic mass is 10.1. The summed E-state index contributed by atoms with van der Waals surface area (Å²) >= 11 is 3.64. The number of benzene rings is 3. The second-order valence-electron chi connectivity index (χ2n) is 8.84. The quantitative estimate of drug-likeness (QED) is 0.357. The lowest BCUT2D eigenvalue weighted by Gasteiger charge is -2.21. The average Bonchev–Trinajstić information content (AvgIpc) is 3.47. The van der Waals surface area contributed by atoms with Gasteiger partial charge in [0, 0.05) is 18.8 Å². The molecule has 6 heteroatoms. The third-order valence-electron chi connectivity index (χ3n) is 6.52. The van der Waals surface area contributed by atoms with Gasteiger partial charge in [-0.2, -0.15) is 0 Å². The van der Waals surface area contributed by atoms with Gasteiger partial charge < -0.3 is 10.2 Å². The molecule has 2 heterocycles. The molecule has 33 heavy (non-hydrogen) atoms. The van der Waals surface area contributed by atoms with Crippen molar-refractivity contribution in [2.75, 3.05) is 18.9 Å². The highest BCUT2D eigenvalue weighted by atomic mass is 32.2. The zero-order valence-corrected chi connectivity index (χ0v) is 20.4. The van der Waals surface area contributed by atoms with Crippen molar-refractivity contribution in [3.8, 4) is 0 Å². The highest BCUT2D eigenvalue weighted by Gasteiger charge is 2.43. The summed E-state index contributed by atoms with van der Waals surface area (Å²) < 4.78 is 1.24. The van der Waals surface area contributed by atoms with E-state index >= 15 is 0 Å². The molecule has 4 nitrogen and oxygen atoms in total. The Hall–Kier alpha value is -2.83. The van der Waals surface area contributed by atoms with Crippen LogP contribution in [0.2, 0.25) is 0 Å². The summed E-state index contributed by atoms with van der Waals surface area (Å²) in [5.41, 5.74) is 7.63. The van der Waals surface area contributed by atoms with Crippen molar-refractivity contribution < 1.29 is 0 Å². The second-order valence-corrected chi connectivity index (χ2v) is 11.1. The molecule has 1 aromatic heterocycles. The van der Waals surface area contributed by atoms with E-state index < -0.39 is 0 Å². The van der Waals surface area contributed by atoms with Crippen LogP contribution in [0.5, 0.6) is 0 Å². The summed E-state index contributed by atoms with van der Waals surface area (Å²) in [6.45, 7) is 2.99. The zero-order chi connectivity index (χ0) is 22.4. The molecule has 2 atom stereocenters. The first-order chi connectivity index (χ1) is 16.1. The van der Waals surface area contributed by atoms with Crippen LogP contribution in [0.1, 0.15) is 28.3 Å². The molecule has 0 saturated carbocycles. The van der Waals surface area contributed by atoms with Gasteiger partial charge in [-0.1, -0.05) is 65.6 Å². The maximum absolute atomic E-state index is 4.98. The third-order valence-corrected chi connectivity index (χ3v) is 8.81. The number of hydrogen-bond acceptors (Lipinski definition) is 5. The molecule has 0 spiro atoms. The van der Waals surface area contributed by atoms with Gasteiger partial charge in [0.25, 0.3) is 0 Å². The molecular weight excluding hydrogens is 444 g/mol. The summed E-state index contributed by atoms with van der Waals surface area (Å²) in [5, 5.41) is 6.17. The Labute approximate surface area is 202 Å². The number of thioether (sulfide) groups is 1. The van der Waals surface area contributed by atoms with E-state index in [1.54, 1.807) is 11.3 Å². The summed E-state index contributed by atoms with van der Waals surface area (Å²) in [6, 6.07) is 24.4. The van der Waals surface area contributed by atoms with E-state index in [2.05, 4.69) is 95.9 Å². The Kier molecular flexibility index (Phi) is 5.35. The van der Waals surface area contributed by atoms with Crippen molar-refractivity contribution in [3.05, 3.63) is 89.0 Å². The zero-order valence-electron chi connectivity index (χ0n) is 18.8. The van der Waals surface area contributed by atoms with Crippen molar-refractivity contribution in [2.24, 2.45) is 4.99 Å². The van der Waals surface area contributed by atoms with Crippen LogP contribution in [0.4, 0.5) is 10.8 Å². The van der Waals surface area contributed by atoms with E-state index in [1.807, 2.05) is 11.8 Å². The molecule has 2 aliphatic rings. The summed E-state index contributed by atoms with van der Waals surface area (Å²) in [7, 11) is 2.18. The Morgan fingerprint density at radius 1 is 1.09 bits per heavy atom. The van der Waals surface area contributed by atoms with Gasteiger partial charge in [-0.3, -0.25) is 0 Å². The Morgan fingerprint density at radius 3 is 2.82 bits per heavy atom. The van der Waals surface area contributed by atoms with Crippen LogP contribution >= 0.6 is 23.1 Å². The van der Waals surface area contributed by atoms with Crippen LogP contribution in [-0.4, -0.2) is 33.9 Å². The molecule has 0 radical (unpaired) electrons. The molecule has 166 valence electrons. The first-order valence-electron chi connectivity index (χ1n) is 11.4. The van der Waals surface area contributed by atoms with Gasteiger partial charge in [0.05, 0.1) is 21.9 Å². The van der Waals surface area contributed by atoms with Crippen LogP contribution in [0, 0.1) is 6.92 Å². The minimum Gasteiger partial charge on any atom is -0.361 e. The maximum atomic E-state index is 4.98. The molecule has 0 amide bonds. The number of aliphatic imine (C=N–C) groups is 1. The monoisotopic (exact) mass is 470 g/mol. The Morgan fingerprint density at radius 2 is 1.94 bits per heavy atom. The van der Waals surface area contributed by atoms with E-state index in [9.17, 15) is 0 Å². The van der Waals surface area contributed by atoms with Crippen molar-refractivity contribution in [3.63, 3.8) is 0 Å². The maximum Gasteiger partial charge on any atom is 0.183 e. The van der Waals surface area contributed by atoms with Gasteiger partial charge >= 0.3 is 0 Å². The van der Waals surface area contributed by atoms with Crippen molar-refractivity contribution >= 4 is 49.3 Å². The van der Waals surface area contributed by atoms with Gasteiger partial charge in [0.1, 0.15) is 0 Å². The molecule has 1 unspecified atom stereocenters. The van der Waals surface area contributed by atoms with Gasteiger partial charge in [-0.05, 0) is 66.3 Å². The molecule has 1 aliphatic carbocycles. The Bertz CT molecular complexity index is 1340. The lowest BCUT2D eigenvalue weighted by Crippen LogP contribution is -2.23. The Balaban J connectivity index is 1.08. The molecule has 3 aromatic carbocycles. The molecule has 1 fully saturated rings. The number of thiazole rings is 1. The number of aromatic nitrogens is 1. The normalized spacial score (nSPS) is 20.4. The minimum absolute atomic E-state index is 0.446. The average molecular weight is 471 g/mol. The third kappa shape index (κ3) is 4.02. The van der Waals surface area contributed by atoms with Gasteiger partial charge in [-0.25, -0.2) is 9.98 Å². The molecule has 1 N–H and O–H groups in total. The number of nitrogens with one attached hydrogen (secondary N) is 1. The molecular formula is C27H26N4S2. The fourth-order valence-corrected chi connectivity index (χ4v) is 7.23. The standard InChI is InChI=1S/C27H26N4S2/c1-17-7-12-22-23(15-17)32-26(30-22)28-14-13-18-8-10-20(11-9-18)29-27-31(2)25-21-6-4-3-5-19(21)16-24(25)33-27/h3-12,15,24-25H,13-14,16H2,1-2H3,(H,28,30)/b29-27-/t24?,25-/m0/s1. The number of rotatable bonds is 5. The van der Waals surface area contributed by atoms with E-state index in [4.69, 9.17) is 4.99 Å². The van der Waals surface area contributed by atoms with Crippen molar-refractivity contribution in [1.82, 2.24) is 9.88 Å². The number of anilines is 1. The molecule has 0 bridgehead atoms. The van der Waals surface area contributed by atoms with E-state index in [0.29, 0.717) is 11.3 Å². The largest absolute Gasteiger partial charge is 0.361 e. The molecule has 4 aromatic rings. The summed E-state index contributed by atoms with van der Waals surface area (Å²) in [6.07, 6.45) is 2.09. The number of nitrogens with zero attached hydrogens (tertiary/aromatic N) is 3. The van der Waals surface area contributed by atoms with Gasteiger partial charge in [-0.15, -0.1) is 0 Å². The summed E-state index contributed by atoms with van der Waals surface area (Å²) in [4.78, 5) is 12.0. The lowest BCUT2D eigenvalue weighted by molar-refractivity contribution is 0.402. The second kappa shape index (κ2) is 8.50. The molecule has 1 aliphatic heterocycles. The van der Waals surface area contributed by atoms with Crippen LogP contribution in [0.25, 0.3) is 10.2 Å². The SMILES string of the molecule is Cc1ccc2nc(NCCc3ccc(/N=C4\SC5Cc6ccccc6[C@@H]5N4C)cc3)sc2c1. The van der Waals surface area contributed by atoms with E-state index in [0.717, 1.165) is 40.9 Å². The first-order valence-corrected chi connectivity index (χ1v) is 13.1. The number of aryl methyl sites for hydroxylation is 1. The topological polar surface area (TPSA) is 40.5 Å². The van der Waals surface area contributed by atoms with Crippen molar-refractivity contribution in [2.45, 2.75) is 31.1 Å². The molecule has 1 saturated heterocycles. The fourth-order valence-electron chi connectivity index (χ4n) is 4.81. The van der Waals surface area contributed by atoms with Crippen LogP contribution in [-0.2, 0) is 12.8 Å². The number of amidine groups is 1. The smallest absolute Gasteiger partial charge is 0.183 e. The highest BCUT2D eigenvalue weighted by Crippen LogP contribution is 2.48. The van der Waals surface area contributed by atoms with Crippen molar-refractivity contribution in [1.29, 1.82) is 0 Å². The predicted octanol–water partition coefficient (Wildman–Crippen LogP) is 6.59. The summed E-state index contributed by atoms with van der Waals surface area (Å²) in [5.74, 6) is 0. The minimum atomic E-state index is 0.446. The van der Waals surface area contributed by atoms with E-state index in [-0.39, 0.29) is 0 Å². The first kappa shape index (κ1) is 20.8. The van der Waals surface area contributed by atoms with Gasteiger partial charge in [0.15, 0.2) is 10.3 Å². The van der Waals surface area contributed by atoms with Gasteiger partial charge in [0.2, 0.25) is 0 Å². The highest BCUT2D eigenvalue weighted by molar-refractivity contribution is 8.14. The number of hydrogen-bond donors (Lipinski definition) is 1. The van der Waals surface area contributed by atoms with Crippen LogP contribution in [0.3, 0.4) is 0 Å². The van der Waals surface area contributed by atoms with Crippen LogP contribution in [0.15, 0.2) is 71.7 Å². The number of fused-ring (bicyclic) bond motifs is 4.